The van der Waals surface area contributed by atoms with Crippen LogP contribution in [0.1, 0.15) is 32.1 Å². The maximum absolute atomic E-state index is 13.1. The van der Waals surface area contributed by atoms with E-state index in [1.165, 1.54) is 6.42 Å². The van der Waals surface area contributed by atoms with Gasteiger partial charge in [0, 0.05) is 23.8 Å². The maximum atomic E-state index is 13.1. The van der Waals surface area contributed by atoms with Gasteiger partial charge in [-0.15, -0.1) is 12.4 Å². The van der Waals surface area contributed by atoms with Gasteiger partial charge in [-0.05, 0) is 56.0 Å². The van der Waals surface area contributed by atoms with E-state index in [1.807, 2.05) is 12.1 Å². The summed E-state index contributed by atoms with van der Waals surface area (Å²) in [6, 6.07) is 6.85. The normalized spacial score (nSPS) is 30.7. The van der Waals surface area contributed by atoms with Gasteiger partial charge in [0.25, 0.3) is 0 Å². The van der Waals surface area contributed by atoms with Crippen LogP contribution in [-0.4, -0.2) is 37.5 Å². The SMILES string of the molecule is Cl.O=C1C(NC(=O)[C@@]23CCCC[C@H]2CNC3)CCN1c1ccc(Cl)cc1. The van der Waals surface area contributed by atoms with Gasteiger partial charge >= 0.3 is 0 Å². The number of anilines is 1. The zero-order valence-corrected chi connectivity index (χ0v) is 16.2. The smallest absolute Gasteiger partial charge is 0.249 e. The Labute approximate surface area is 165 Å². The van der Waals surface area contributed by atoms with Crippen molar-refractivity contribution in [2.75, 3.05) is 24.5 Å². The van der Waals surface area contributed by atoms with Crippen molar-refractivity contribution in [3.63, 3.8) is 0 Å². The van der Waals surface area contributed by atoms with Crippen molar-refractivity contribution in [2.24, 2.45) is 11.3 Å². The molecule has 2 heterocycles. The summed E-state index contributed by atoms with van der Waals surface area (Å²) in [5, 5.41) is 7.12. The number of nitrogens with zero attached hydrogens (tertiary/aromatic N) is 1. The van der Waals surface area contributed by atoms with Gasteiger partial charge in [-0.2, -0.15) is 0 Å². The molecule has 1 unspecified atom stereocenters. The van der Waals surface area contributed by atoms with Gasteiger partial charge in [0.2, 0.25) is 11.8 Å². The summed E-state index contributed by atoms with van der Waals surface area (Å²) in [5.41, 5.74) is 0.522. The van der Waals surface area contributed by atoms with Crippen molar-refractivity contribution in [3.05, 3.63) is 29.3 Å². The third-order valence-corrected chi connectivity index (χ3v) is 6.39. The molecule has 7 heteroatoms. The molecule has 3 aliphatic rings. The molecule has 2 amide bonds. The Bertz CT molecular complexity index is 682. The molecule has 5 nitrogen and oxygen atoms in total. The minimum absolute atomic E-state index is 0. The first-order chi connectivity index (χ1) is 12.1. The van der Waals surface area contributed by atoms with E-state index in [2.05, 4.69) is 10.6 Å². The Kier molecular flexibility index (Phi) is 5.80. The second kappa shape index (κ2) is 7.75. The number of carbonyl (C=O) groups is 2. The number of hydrogen-bond donors (Lipinski definition) is 2. The Hall–Kier alpha value is -1.30. The molecule has 2 aliphatic heterocycles. The van der Waals surface area contributed by atoms with Crippen molar-refractivity contribution in [1.82, 2.24) is 10.6 Å². The van der Waals surface area contributed by atoms with Gasteiger partial charge in [0.15, 0.2) is 0 Å². The molecule has 3 fully saturated rings. The first-order valence-corrected chi connectivity index (χ1v) is 9.56. The fraction of sp³-hybridized carbons (Fsp3) is 0.579. The lowest BCUT2D eigenvalue weighted by atomic mass is 9.67. The van der Waals surface area contributed by atoms with E-state index in [9.17, 15) is 9.59 Å². The van der Waals surface area contributed by atoms with Crippen molar-refractivity contribution >= 4 is 41.5 Å². The number of halogens is 2. The van der Waals surface area contributed by atoms with Gasteiger partial charge in [0.1, 0.15) is 6.04 Å². The van der Waals surface area contributed by atoms with Crippen LogP contribution in [0.5, 0.6) is 0 Å². The molecule has 1 aromatic carbocycles. The van der Waals surface area contributed by atoms with Gasteiger partial charge in [-0.25, -0.2) is 0 Å². The third kappa shape index (κ3) is 3.32. The number of amides is 2. The van der Waals surface area contributed by atoms with Crippen molar-refractivity contribution in [1.29, 1.82) is 0 Å². The predicted molar refractivity (Wildman–Crippen MR) is 105 cm³/mol. The average molecular weight is 398 g/mol. The Morgan fingerprint density at radius 2 is 2.00 bits per heavy atom. The maximum Gasteiger partial charge on any atom is 0.249 e. The summed E-state index contributed by atoms with van der Waals surface area (Å²) in [5.74, 6) is 0.453. The zero-order chi connectivity index (χ0) is 17.4. The van der Waals surface area contributed by atoms with E-state index in [0.717, 1.165) is 38.0 Å². The van der Waals surface area contributed by atoms with Crippen molar-refractivity contribution < 1.29 is 9.59 Å². The first kappa shape index (κ1) is 19.5. The quantitative estimate of drug-likeness (QED) is 0.823. The molecule has 2 saturated heterocycles. The average Bonchev–Trinajstić information content (AvgIpc) is 3.21. The molecule has 0 radical (unpaired) electrons. The van der Waals surface area contributed by atoms with E-state index in [0.29, 0.717) is 23.9 Å². The summed E-state index contributed by atoms with van der Waals surface area (Å²) < 4.78 is 0. The first-order valence-electron chi connectivity index (χ1n) is 9.19. The van der Waals surface area contributed by atoms with Crippen LogP contribution >= 0.6 is 24.0 Å². The molecule has 4 rings (SSSR count). The van der Waals surface area contributed by atoms with E-state index in [-0.39, 0.29) is 29.6 Å². The van der Waals surface area contributed by atoms with E-state index in [1.54, 1.807) is 17.0 Å². The summed E-state index contributed by atoms with van der Waals surface area (Å²) in [4.78, 5) is 27.6. The molecule has 1 saturated carbocycles. The largest absolute Gasteiger partial charge is 0.344 e. The molecule has 0 bridgehead atoms. The highest BCUT2D eigenvalue weighted by atomic mass is 35.5. The molecule has 1 aromatic rings. The number of benzene rings is 1. The monoisotopic (exact) mass is 397 g/mol. The number of rotatable bonds is 3. The minimum atomic E-state index is -0.416. The van der Waals surface area contributed by atoms with Gasteiger partial charge in [-0.1, -0.05) is 24.4 Å². The summed E-state index contributed by atoms with van der Waals surface area (Å²) in [6.45, 7) is 2.29. The Morgan fingerprint density at radius 1 is 1.23 bits per heavy atom. The molecule has 0 aromatic heterocycles. The van der Waals surface area contributed by atoms with Gasteiger partial charge in [-0.3, -0.25) is 9.59 Å². The van der Waals surface area contributed by atoms with Crippen LogP contribution in [0.25, 0.3) is 0 Å². The molecular weight excluding hydrogens is 373 g/mol. The van der Waals surface area contributed by atoms with Gasteiger partial charge < -0.3 is 15.5 Å². The Balaban J connectivity index is 0.00000196. The highest BCUT2D eigenvalue weighted by Crippen LogP contribution is 2.44. The lowest BCUT2D eigenvalue weighted by molar-refractivity contribution is -0.136. The van der Waals surface area contributed by atoms with Crippen LogP contribution in [0.4, 0.5) is 5.69 Å². The minimum Gasteiger partial charge on any atom is -0.344 e. The summed E-state index contributed by atoms with van der Waals surface area (Å²) in [6.07, 6.45) is 4.99. The van der Waals surface area contributed by atoms with Crippen LogP contribution in [0, 0.1) is 11.3 Å². The van der Waals surface area contributed by atoms with Crippen LogP contribution in [-0.2, 0) is 9.59 Å². The highest BCUT2D eigenvalue weighted by Gasteiger charge is 2.51. The fourth-order valence-corrected chi connectivity index (χ4v) is 4.81. The van der Waals surface area contributed by atoms with Crippen molar-refractivity contribution in [2.45, 2.75) is 38.1 Å². The third-order valence-electron chi connectivity index (χ3n) is 6.14. The van der Waals surface area contributed by atoms with E-state index in [4.69, 9.17) is 11.6 Å². The Morgan fingerprint density at radius 3 is 2.77 bits per heavy atom. The number of hydrogen-bond acceptors (Lipinski definition) is 3. The fourth-order valence-electron chi connectivity index (χ4n) is 4.68. The lowest BCUT2D eigenvalue weighted by Crippen LogP contribution is -2.52. The lowest BCUT2D eigenvalue weighted by Gasteiger charge is -2.37. The molecule has 2 N–H and O–H groups in total. The van der Waals surface area contributed by atoms with Crippen LogP contribution in [0.3, 0.4) is 0 Å². The molecule has 0 spiro atoms. The molecule has 142 valence electrons. The van der Waals surface area contributed by atoms with Gasteiger partial charge in [0.05, 0.1) is 5.41 Å². The second-order valence-electron chi connectivity index (χ2n) is 7.51. The van der Waals surface area contributed by atoms with Crippen molar-refractivity contribution in [3.8, 4) is 0 Å². The summed E-state index contributed by atoms with van der Waals surface area (Å²) in [7, 11) is 0. The standard InChI is InChI=1S/C19H24ClN3O2.ClH/c20-14-4-6-15(7-5-14)23-10-8-16(17(23)24)22-18(25)19-9-2-1-3-13(19)11-21-12-19;/h4-7,13,16,21H,1-3,8-12H2,(H,22,25);1H/t13-,16?,19+;/m0./s1. The zero-order valence-electron chi connectivity index (χ0n) is 14.7. The van der Waals surface area contributed by atoms with Crippen LogP contribution < -0.4 is 15.5 Å². The molecule has 26 heavy (non-hydrogen) atoms. The predicted octanol–water partition coefficient (Wildman–Crippen LogP) is 2.76. The molecule has 3 atom stereocenters. The second-order valence-corrected chi connectivity index (χ2v) is 7.95. The number of nitrogens with one attached hydrogen (secondary N) is 2. The van der Waals surface area contributed by atoms with E-state index < -0.39 is 6.04 Å². The van der Waals surface area contributed by atoms with E-state index >= 15 is 0 Å². The highest BCUT2D eigenvalue weighted by molar-refractivity contribution is 6.30. The molecular formula is C19H25Cl2N3O2. The summed E-state index contributed by atoms with van der Waals surface area (Å²) >= 11 is 5.92. The van der Waals surface area contributed by atoms with Crippen LogP contribution in [0.15, 0.2) is 24.3 Å². The molecule has 1 aliphatic carbocycles. The topological polar surface area (TPSA) is 61.4 Å². The number of fused-ring (bicyclic) bond motifs is 1. The van der Waals surface area contributed by atoms with Crippen LogP contribution in [0.2, 0.25) is 5.02 Å². The number of carbonyl (C=O) groups excluding carboxylic acids is 2.